The van der Waals surface area contributed by atoms with Crippen LogP contribution in [0.15, 0.2) is 60.9 Å². The van der Waals surface area contributed by atoms with Crippen molar-refractivity contribution >= 4 is 28.9 Å². The number of para-hydroxylation sites is 1. The van der Waals surface area contributed by atoms with E-state index in [0.717, 1.165) is 16.9 Å². The van der Waals surface area contributed by atoms with Crippen LogP contribution >= 0.6 is 0 Å². The van der Waals surface area contributed by atoms with Crippen LogP contribution < -0.4 is 10.6 Å². The average molecular weight is 388 g/mol. The lowest BCUT2D eigenvalue weighted by atomic mass is 9.86. The molecule has 0 saturated carbocycles. The van der Waals surface area contributed by atoms with Gasteiger partial charge in [0.1, 0.15) is 17.8 Å². The zero-order valence-corrected chi connectivity index (χ0v) is 17.0. The number of Topliss-reactive ketones (excluding diaryl/α,β-unsaturated/α-hetero) is 1. The van der Waals surface area contributed by atoms with Gasteiger partial charge in [-0.1, -0.05) is 39.0 Å². The van der Waals surface area contributed by atoms with Gasteiger partial charge in [0.25, 0.3) is 5.91 Å². The van der Waals surface area contributed by atoms with Gasteiger partial charge in [0.05, 0.1) is 0 Å². The van der Waals surface area contributed by atoms with Crippen LogP contribution in [0.4, 0.5) is 17.2 Å². The third kappa shape index (κ3) is 5.04. The summed E-state index contributed by atoms with van der Waals surface area (Å²) < 4.78 is 0. The summed E-state index contributed by atoms with van der Waals surface area (Å²) in [7, 11) is 0. The first-order valence-corrected chi connectivity index (χ1v) is 9.35. The first-order chi connectivity index (χ1) is 13.7. The van der Waals surface area contributed by atoms with Crippen molar-refractivity contribution < 1.29 is 9.59 Å². The summed E-state index contributed by atoms with van der Waals surface area (Å²) in [5.74, 6) is 0.192. The number of nitrogens with zero attached hydrogens (tertiary/aromatic N) is 2. The number of anilines is 3. The molecule has 0 radical (unpaired) electrons. The summed E-state index contributed by atoms with van der Waals surface area (Å²) in [6, 6.07) is 16.4. The molecule has 1 heterocycles. The highest BCUT2D eigenvalue weighted by Gasteiger charge is 2.19. The fourth-order valence-electron chi connectivity index (χ4n) is 2.92. The lowest BCUT2D eigenvalue weighted by molar-refractivity contribution is 0.101. The zero-order valence-electron chi connectivity index (χ0n) is 17.0. The Morgan fingerprint density at radius 1 is 0.931 bits per heavy atom. The highest BCUT2D eigenvalue weighted by atomic mass is 16.2. The molecule has 2 N–H and O–H groups in total. The molecular weight excluding hydrogens is 364 g/mol. The molecule has 0 atom stereocenters. The van der Waals surface area contributed by atoms with Crippen LogP contribution in [-0.2, 0) is 5.41 Å². The van der Waals surface area contributed by atoms with E-state index in [1.807, 2.05) is 24.3 Å². The Morgan fingerprint density at radius 2 is 1.62 bits per heavy atom. The second-order valence-corrected chi connectivity index (χ2v) is 7.80. The van der Waals surface area contributed by atoms with Crippen LogP contribution in [0.5, 0.6) is 0 Å². The van der Waals surface area contributed by atoms with E-state index in [1.165, 1.54) is 13.3 Å². The Hall–Kier alpha value is -3.54. The van der Waals surface area contributed by atoms with E-state index >= 15 is 0 Å². The Balaban J connectivity index is 1.77. The van der Waals surface area contributed by atoms with Crippen LogP contribution in [0, 0.1) is 0 Å². The third-order valence-electron chi connectivity index (χ3n) is 4.45. The maximum atomic E-state index is 12.8. The van der Waals surface area contributed by atoms with Gasteiger partial charge in [-0.2, -0.15) is 0 Å². The molecular formula is C23H24N4O2. The number of hydrogen-bond acceptors (Lipinski definition) is 5. The van der Waals surface area contributed by atoms with Gasteiger partial charge < -0.3 is 10.6 Å². The van der Waals surface area contributed by atoms with Crippen molar-refractivity contribution in [3.8, 4) is 0 Å². The fraction of sp³-hybridized carbons (Fsp3) is 0.217. The lowest BCUT2D eigenvalue weighted by Crippen LogP contribution is -2.19. The SMILES string of the molecule is CC(=O)c1ccc(Nc2cc(C(=O)Nc3ccccc3C(C)(C)C)ncn2)cc1. The molecule has 6 heteroatoms. The number of nitrogens with one attached hydrogen (secondary N) is 2. The minimum Gasteiger partial charge on any atom is -0.340 e. The number of amides is 1. The van der Waals surface area contributed by atoms with Crippen LogP contribution in [-0.4, -0.2) is 21.7 Å². The second-order valence-electron chi connectivity index (χ2n) is 7.80. The van der Waals surface area contributed by atoms with Crippen molar-refractivity contribution in [3.05, 3.63) is 77.7 Å². The summed E-state index contributed by atoms with van der Waals surface area (Å²) in [5, 5.41) is 6.07. The number of ketones is 1. The molecule has 148 valence electrons. The van der Waals surface area contributed by atoms with Crippen molar-refractivity contribution in [2.24, 2.45) is 0 Å². The Kier molecular flexibility index (Phi) is 5.73. The van der Waals surface area contributed by atoms with Gasteiger partial charge in [0, 0.05) is 23.0 Å². The smallest absolute Gasteiger partial charge is 0.274 e. The maximum Gasteiger partial charge on any atom is 0.274 e. The molecule has 0 spiro atoms. The molecule has 6 nitrogen and oxygen atoms in total. The predicted molar refractivity (Wildman–Crippen MR) is 115 cm³/mol. The molecule has 0 aliphatic heterocycles. The van der Waals surface area contributed by atoms with Crippen LogP contribution in [0.3, 0.4) is 0 Å². The molecule has 29 heavy (non-hydrogen) atoms. The average Bonchev–Trinajstić information content (AvgIpc) is 2.68. The van der Waals surface area contributed by atoms with Gasteiger partial charge in [-0.25, -0.2) is 9.97 Å². The van der Waals surface area contributed by atoms with Gasteiger partial charge in [0.2, 0.25) is 0 Å². The molecule has 1 amide bonds. The van der Waals surface area contributed by atoms with E-state index in [2.05, 4.69) is 41.4 Å². The van der Waals surface area contributed by atoms with Gasteiger partial charge in [-0.3, -0.25) is 9.59 Å². The molecule has 3 rings (SSSR count). The van der Waals surface area contributed by atoms with Gasteiger partial charge in [-0.15, -0.1) is 0 Å². The van der Waals surface area contributed by atoms with Crippen molar-refractivity contribution in [3.63, 3.8) is 0 Å². The standard InChI is InChI=1S/C23H24N4O2/c1-15(28)16-9-11-17(12-10-16)26-21-13-20(24-14-25-21)22(29)27-19-8-6-5-7-18(19)23(2,3)4/h5-14H,1-4H3,(H,27,29)(H,24,25,26). The predicted octanol–water partition coefficient (Wildman–Crippen LogP) is 4.97. The van der Waals surface area contributed by atoms with Crippen molar-refractivity contribution in [1.82, 2.24) is 9.97 Å². The number of rotatable bonds is 5. The zero-order chi connectivity index (χ0) is 21.0. The van der Waals surface area contributed by atoms with E-state index < -0.39 is 0 Å². The van der Waals surface area contributed by atoms with Crippen LogP contribution in [0.25, 0.3) is 0 Å². The summed E-state index contributed by atoms with van der Waals surface area (Å²) in [5.41, 5.74) is 3.36. The molecule has 1 aromatic heterocycles. The Labute approximate surface area is 170 Å². The Bertz CT molecular complexity index is 1040. The monoisotopic (exact) mass is 388 g/mol. The minimum absolute atomic E-state index is 0.00748. The van der Waals surface area contributed by atoms with Gasteiger partial charge in [-0.05, 0) is 48.2 Å². The summed E-state index contributed by atoms with van der Waals surface area (Å²) in [6.45, 7) is 7.82. The third-order valence-corrected chi connectivity index (χ3v) is 4.45. The lowest BCUT2D eigenvalue weighted by Gasteiger charge is -2.22. The van der Waals surface area contributed by atoms with E-state index in [9.17, 15) is 9.59 Å². The maximum absolute atomic E-state index is 12.8. The molecule has 0 aliphatic carbocycles. The van der Waals surface area contributed by atoms with Crippen LogP contribution in [0.1, 0.15) is 54.1 Å². The Morgan fingerprint density at radius 3 is 2.28 bits per heavy atom. The topological polar surface area (TPSA) is 84.0 Å². The molecule has 0 bridgehead atoms. The van der Waals surface area contributed by atoms with Crippen molar-refractivity contribution in [2.45, 2.75) is 33.1 Å². The number of benzene rings is 2. The largest absolute Gasteiger partial charge is 0.340 e. The van der Waals surface area contributed by atoms with Gasteiger partial charge in [0.15, 0.2) is 5.78 Å². The van der Waals surface area contributed by atoms with Gasteiger partial charge >= 0.3 is 0 Å². The van der Waals surface area contributed by atoms with Crippen molar-refractivity contribution in [1.29, 1.82) is 0 Å². The van der Waals surface area contributed by atoms with E-state index in [1.54, 1.807) is 30.3 Å². The molecule has 0 unspecified atom stereocenters. The van der Waals surface area contributed by atoms with E-state index in [-0.39, 0.29) is 22.8 Å². The van der Waals surface area contributed by atoms with E-state index in [4.69, 9.17) is 0 Å². The normalized spacial score (nSPS) is 11.0. The number of hydrogen-bond donors (Lipinski definition) is 2. The highest BCUT2D eigenvalue weighted by molar-refractivity contribution is 6.03. The molecule has 0 saturated heterocycles. The number of aromatic nitrogens is 2. The first-order valence-electron chi connectivity index (χ1n) is 9.35. The molecule has 0 fully saturated rings. The van der Waals surface area contributed by atoms with Crippen LogP contribution in [0.2, 0.25) is 0 Å². The molecule has 0 aliphatic rings. The highest BCUT2D eigenvalue weighted by Crippen LogP contribution is 2.29. The summed E-state index contributed by atoms with van der Waals surface area (Å²) >= 11 is 0. The summed E-state index contributed by atoms with van der Waals surface area (Å²) in [6.07, 6.45) is 1.34. The second kappa shape index (κ2) is 8.22. The molecule has 3 aromatic rings. The quantitative estimate of drug-likeness (QED) is 0.603. The summed E-state index contributed by atoms with van der Waals surface area (Å²) in [4.78, 5) is 32.4. The first kappa shape index (κ1) is 20.2. The number of carbonyl (C=O) groups excluding carboxylic acids is 2. The van der Waals surface area contributed by atoms with E-state index in [0.29, 0.717) is 11.4 Å². The number of carbonyl (C=O) groups is 2. The molecule has 2 aromatic carbocycles. The fourth-order valence-corrected chi connectivity index (χ4v) is 2.92. The minimum atomic E-state index is -0.306. The van der Waals surface area contributed by atoms with Crippen molar-refractivity contribution in [2.75, 3.05) is 10.6 Å².